The van der Waals surface area contributed by atoms with Gasteiger partial charge in [-0.3, -0.25) is 0 Å². The molecule has 0 aliphatic heterocycles. The molecule has 0 bridgehead atoms. The number of anilines is 1. The van der Waals surface area contributed by atoms with Crippen LogP contribution in [0, 0.1) is 0 Å². The largest absolute Gasteiger partial charge is 0.363 e. The molecule has 0 aromatic carbocycles. The molecule has 0 saturated heterocycles. The Bertz CT molecular complexity index is 445. The Kier molecular flexibility index (Phi) is 3.41. The minimum absolute atomic E-state index is 0.512. The van der Waals surface area contributed by atoms with Gasteiger partial charge in [0, 0.05) is 11.6 Å². The Morgan fingerprint density at radius 1 is 1.33 bits per heavy atom. The van der Waals surface area contributed by atoms with Crippen molar-refractivity contribution in [3.63, 3.8) is 0 Å². The van der Waals surface area contributed by atoms with Gasteiger partial charge in [-0.2, -0.15) is 0 Å². The van der Waals surface area contributed by atoms with Crippen LogP contribution in [0.2, 0.25) is 10.0 Å². The van der Waals surface area contributed by atoms with Crippen LogP contribution in [0.4, 0.5) is 5.82 Å². The van der Waals surface area contributed by atoms with Gasteiger partial charge < -0.3 is 5.32 Å². The molecule has 0 radical (unpaired) electrons. The zero-order valence-electron chi connectivity index (χ0n) is 7.58. The highest BCUT2D eigenvalue weighted by Crippen LogP contribution is 2.22. The van der Waals surface area contributed by atoms with Crippen LogP contribution < -0.4 is 5.32 Å². The maximum absolute atomic E-state index is 5.94. The van der Waals surface area contributed by atoms with Gasteiger partial charge in [-0.15, -0.1) is 11.3 Å². The molecular weight excluding hydrogens is 253 g/mol. The number of hydrogen-bond acceptors (Lipinski definition) is 4. The molecule has 78 valence electrons. The molecule has 2 rings (SSSR count). The number of nitrogens with one attached hydrogen (secondary N) is 1. The lowest BCUT2D eigenvalue weighted by molar-refractivity contribution is 1.05. The highest BCUT2D eigenvalue weighted by atomic mass is 35.5. The van der Waals surface area contributed by atoms with Crippen LogP contribution in [-0.2, 0) is 6.54 Å². The first kappa shape index (κ1) is 10.7. The fourth-order valence-electron chi connectivity index (χ4n) is 1.04. The zero-order chi connectivity index (χ0) is 10.7. The van der Waals surface area contributed by atoms with Crippen LogP contribution in [0.3, 0.4) is 0 Å². The lowest BCUT2D eigenvalue weighted by Crippen LogP contribution is -2.01. The lowest BCUT2D eigenvalue weighted by atomic mass is 10.4. The number of nitrogens with zero attached hydrogens (tertiary/aromatic N) is 2. The summed E-state index contributed by atoms with van der Waals surface area (Å²) in [5.74, 6) is 0.620. The number of rotatable bonds is 3. The molecule has 3 nitrogen and oxygen atoms in total. The summed E-state index contributed by atoms with van der Waals surface area (Å²) in [5.41, 5.74) is 2.75. The van der Waals surface area contributed by atoms with E-state index >= 15 is 0 Å². The van der Waals surface area contributed by atoms with Crippen molar-refractivity contribution in [2.24, 2.45) is 0 Å². The summed E-state index contributed by atoms with van der Waals surface area (Å²) in [5, 5.41) is 6.09. The van der Waals surface area contributed by atoms with Crippen LogP contribution in [0.5, 0.6) is 0 Å². The molecule has 15 heavy (non-hydrogen) atoms. The summed E-state index contributed by atoms with van der Waals surface area (Å²) in [6.45, 7) is 0.609. The van der Waals surface area contributed by atoms with E-state index in [0.717, 1.165) is 5.69 Å². The smallest absolute Gasteiger partial charge is 0.145 e. The van der Waals surface area contributed by atoms with Crippen LogP contribution >= 0.6 is 34.5 Å². The summed E-state index contributed by atoms with van der Waals surface area (Å²) in [4.78, 5) is 8.22. The van der Waals surface area contributed by atoms with Crippen molar-refractivity contribution in [1.29, 1.82) is 0 Å². The first-order valence-electron chi connectivity index (χ1n) is 4.17. The summed E-state index contributed by atoms with van der Waals surface area (Å²) >= 11 is 13.2. The maximum Gasteiger partial charge on any atom is 0.145 e. The topological polar surface area (TPSA) is 37.8 Å². The lowest BCUT2D eigenvalue weighted by Gasteiger charge is -2.05. The Labute approximate surface area is 101 Å². The molecule has 0 fully saturated rings. The first-order valence-corrected chi connectivity index (χ1v) is 5.87. The Morgan fingerprint density at radius 2 is 2.20 bits per heavy atom. The Hall–Kier alpha value is -0.840. The second-order valence-corrected chi connectivity index (χ2v) is 4.38. The molecule has 2 aromatic rings. The van der Waals surface area contributed by atoms with E-state index in [4.69, 9.17) is 23.2 Å². The highest BCUT2D eigenvalue weighted by Gasteiger charge is 2.02. The van der Waals surface area contributed by atoms with E-state index in [-0.39, 0.29) is 0 Å². The predicted molar refractivity (Wildman–Crippen MR) is 63.7 cm³/mol. The van der Waals surface area contributed by atoms with Gasteiger partial charge in [0.05, 0.1) is 27.8 Å². The molecule has 1 N–H and O–H groups in total. The molecule has 0 amide bonds. The van der Waals surface area contributed by atoms with E-state index in [1.165, 1.54) is 0 Å². The van der Waals surface area contributed by atoms with Crippen molar-refractivity contribution >= 4 is 40.4 Å². The molecule has 0 saturated carbocycles. The molecule has 2 heterocycles. The summed E-state index contributed by atoms with van der Waals surface area (Å²) in [6, 6.07) is 1.65. The third kappa shape index (κ3) is 2.81. The summed E-state index contributed by atoms with van der Waals surface area (Å²) < 4.78 is 0. The van der Waals surface area contributed by atoms with E-state index in [1.807, 2.05) is 5.38 Å². The molecule has 6 heteroatoms. The fourth-order valence-corrected chi connectivity index (χ4v) is 2.05. The van der Waals surface area contributed by atoms with Crippen molar-refractivity contribution in [2.45, 2.75) is 6.54 Å². The van der Waals surface area contributed by atoms with Gasteiger partial charge in [0.15, 0.2) is 0 Å². The Balaban J connectivity index is 2.05. The Morgan fingerprint density at radius 3 is 2.87 bits per heavy atom. The molecule has 0 spiro atoms. The minimum atomic E-state index is 0.512. The van der Waals surface area contributed by atoms with Crippen molar-refractivity contribution in [3.8, 4) is 0 Å². The van der Waals surface area contributed by atoms with Crippen molar-refractivity contribution < 1.29 is 0 Å². The SMILES string of the molecule is Clc1cnc(NCc2cscn2)c(Cl)c1. The summed E-state index contributed by atoms with van der Waals surface area (Å²) in [7, 11) is 0. The first-order chi connectivity index (χ1) is 7.25. The quantitative estimate of drug-likeness (QED) is 0.918. The summed E-state index contributed by atoms with van der Waals surface area (Å²) in [6.07, 6.45) is 1.55. The van der Waals surface area contributed by atoms with Gasteiger partial charge in [-0.05, 0) is 6.07 Å². The third-order valence-corrected chi connectivity index (χ3v) is 2.86. The molecule has 0 aliphatic rings. The predicted octanol–water partition coefficient (Wildman–Crippen LogP) is 3.46. The molecule has 2 aromatic heterocycles. The van der Waals surface area contributed by atoms with Gasteiger partial charge in [0.1, 0.15) is 5.82 Å². The van der Waals surface area contributed by atoms with Gasteiger partial charge in [0.2, 0.25) is 0 Å². The monoisotopic (exact) mass is 259 g/mol. The second-order valence-electron chi connectivity index (χ2n) is 2.82. The van der Waals surface area contributed by atoms with Gasteiger partial charge in [-0.1, -0.05) is 23.2 Å². The van der Waals surface area contributed by atoms with Crippen molar-refractivity contribution in [2.75, 3.05) is 5.32 Å². The zero-order valence-corrected chi connectivity index (χ0v) is 9.90. The minimum Gasteiger partial charge on any atom is -0.363 e. The van der Waals surface area contributed by atoms with E-state index in [9.17, 15) is 0 Å². The average Bonchev–Trinajstić information content (AvgIpc) is 2.69. The van der Waals surface area contributed by atoms with Crippen molar-refractivity contribution in [1.82, 2.24) is 9.97 Å². The van der Waals surface area contributed by atoms with Crippen LogP contribution in [0.25, 0.3) is 0 Å². The van der Waals surface area contributed by atoms with E-state index in [1.54, 1.807) is 29.1 Å². The van der Waals surface area contributed by atoms with Crippen molar-refractivity contribution in [3.05, 3.63) is 38.9 Å². The van der Waals surface area contributed by atoms with Crippen LogP contribution in [-0.4, -0.2) is 9.97 Å². The molecule has 0 atom stereocenters. The normalized spacial score (nSPS) is 10.3. The van der Waals surface area contributed by atoms with Crippen LogP contribution in [0.1, 0.15) is 5.69 Å². The fraction of sp³-hybridized carbons (Fsp3) is 0.111. The van der Waals surface area contributed by atoms with E-state index in [2.05, 4.69) is 15.3 Å². The highest BCUT2D eigenvalue weighted by molar-refractivity contribution is 7.07. The van der Waals surface area contributed by atoms with Gasteiger partial charge in [0.25, 0.3) is 0 Å². The molecular formula is C9H7Cl2N3S. The van der Waals surface area contributed by atoms with Gasteiger partial charge in [-0.25, -0.2) is 9.97 Å². The molecule has 0 unspecified atom stereocenters. The van der Waals surface area contributed by atoms with Gasteiger partial charge >= 0.3 is 0 Å². The number of pyridine rings is 1. The maximum atomic E-state index is 5.94. The number of halogens is 2. The number of aromatic nitrogens is 2. The van der Waals surface area contributed by atoms with E-state index in [0.29, 0.717) is 22.4 Å². The third-order valence-electron chi connectivity index (χ3n) is 1.73. The molecule has 0 aliphatic carbocycles. The van der Waals surface area contributed by atoms with E-state index < -0.39 is 0 Å². The average molecular weight is 260 g/mol. The number of hydrogen-bond donors (Lipinski definition) is 1. The number of thiazole rings is 1. The standard InChI is InChI=1S/C9H7Cl2N3S/c10-6-1-8(11)9(12-2-6)13-3-7-4-15-5-14-7/h1-2,4-5H,3H2,(H,12,13). The second kappa shape index (κ2) is 4.79. The van der Waals surface area contributed by atoms with Crippen LogP contribution in [0.15, 0.2) is 23.2 Å².